The van der Waals surface area contributed by atoms with Crippen molar-refractivity contribution in [1.29, 1.82) is 0 Å². The Labute approximate surface area is 152 Å². The summed E-state index contributed by atoms with van der Waals surface area (Å²) in [7, 11) is 0. The normalized spacial score (nSPS) is 17.0. The number of aryl methyl sites for hydroxylation is 2. The van der Waals surface area contributed by atoms with E-state index in [0.717, 1.165) is 30.6 Å². The number of rotatable bonds is 4. The van der Waals surface area contributed by atoms with Crippen molar-refractivity contribution in [3.63, 3.8) is 0 Å². The molecule has 26 heavy (non-hydrogen) atoms. The van der Waals surface area contributed by atoms with Crippen molar-refractivity contribution in [2.75, 3.05) is 5.32 Å². The van der Waals surface area contributed by atoms with E-state index in [1.54, 1.807) is 10.9 Å². The molecule has 1 aliphatic rings. The molecule has 8 nitrogen and oxygen atoms in total. The van der Waals surface area contributed by atoms with Crippen LogP contribution in [0.3, 0.4) is 0 Å². The van der Waals surface area contributed by atoms with Crippen molar-refractivity contribution in [2.24, 2.45) is 17.1 Å². The van der Waals surface area contributed by atoms with Gasteiger partial charge in [-0.25, -0.2) is 0 Å². The van der Waals surface area contributed by atoms with Crippen molar-refractivity contribution in [3.8, 4) is 0 Å². The Balaban J connectivity index is 1.86. The maximum Gasteiger partial charge on any atom is 0.278 e. The molecule has 3 rings (SSSR count). The Morgan fingerprint density at radius 3 is 2.73 bits per heavy atom. The number of carbonyl (C=O) groups excluding carboxylic acids is 2. The molecule has 140 valence electrons. The fourth-order valence-electron chi connectivity index (χ4n) is 3.36. The minimum absolute atomic E-state index is 0.0325. The molecule has 0 saturated heterocycles. The van der Waals surface area contributed by atoms with Gasteiger partial charge in [-0.3, -0.25) is 14.3 Å². The Hall–Kier alpha value is -2.64. The Morgan fingerprint density at radius 1 is 1.38 bits per heavy atom. The minimum Gasteiger partial charge on any atom is -0.364 e. The molecule has 1 atom stereocenters. The summed E-state index contributed by atoms with van der Waals surface area (Å²) in [5.41, 5.74) is 6.94. The first kappa shape index (κ1) is 18.2. The van der Waals surface area contributed by atoms with Crippen LogP contribution in [-0.4, -0.2) is 26.8 Å². The molecule has 3 N–H and O–H groups in total. The number of amides is 2. The summed E-state index contributed by atoms with van der Waals surface area (Å²) in [6, 6.07) is 0. The summed E-state index contributed by atoms with van der Waals surface area (Å²) in [5.74, 6) is 0.116. The highest BCUT2D eigenvalue weighted by molar-refractivity contribution is 6.07. The molecule has 0 aromatic carbocycles. The lowest BCUT2D eigenvalue weighted by Gasteiger charge is -2.33. The van der Waals surface area contributed by atoms with Crippen molar-refractivity contribution in [3.05, 3.63) is 28.9 Å². The molecule has 0 fully saturated rings. The molecular weight excluding hydrogens is 334 g/mol. The van der Waals surface area contributed by atoms with Crippen molar-refractivity contribution < 1.29 is 14.1 Å². The van der Waals surface area contributed by atoms with Crippen LogP contribution in [0.15, 0.2) is 10.7 Å². The molecule has 2 heterocycles. The summed E-state index contributed by atoms with van der Waals surface area (Å²) in [5, 5.41) is 10.8. The number of carbonyl (C=O) groups is 2. The van der Waals surface area contributed by atoms with Gasteiger partial charge in [-0.1, -0.05) is 25.9 Å². The number of anilines is 1. The van der Waals surface area contributed by atoms with E-state index in [0.29, 0.717) is 12.5 Å². The van der Waals surface area contributed by atoms with Crippen LogP contribution >= 0.6 is 0 Å². The van der Waals surface area contributed by atoms with Gasteiger partial charge in [0.15, 0.2) is 11.4 Å². The molecule has 2 aromatic rings. The van der Waals surface area contributed by atoms with E-state index in [-0.39, 0.29) is 22.5 Å². The number of nitrogens with one attached hydrogen (secondary N) is 1. The van der Waals surface area contributed by atoms with Gasteiger partial charge >= 0.3 is 0 Å². The average molecular weight is 359 g/mol. The predicted molar refractivity (Wildman–Crippen MR) is 95.8 cm³/mol. The zero-order valence-corrected chi connectivity index (χ0v) is 15.6. The average Bonchev–Trinajstić information content (AvgIpc) is 3.16. The van der Waals surface area contributed by atoms with Gasteiger partial charge in [-0.15, -0.1) is 0 Å². The SMILES string of the molecule is CCn1cc(NC(=O)c2noc3c2C[C@@H](C(C)(C)C)CC3)c(C(N)=O)n1. The largest absolute Gasteiger partial charge is 0.364 e. The van der Waals surface area contributed by atoms with E-state index in [1.165, 1.54) is 0 Å². The first-order valence-electron chi connectivity index (χ1n) is 8.86. The molecule has 2 aromatic heterocycles. The summed E-state index contributed by atoms with van der Waals surface area (Å²) in [6.07, 6.45) is 4.13. The van der Waals surface area contributed by atoms with Gasteiger partial charge in [0.05, 0.1) is 5.69 Å². The van der Waals surface area contributed by atoms with Gasteiger partial charge < -0.3 is 15.6 Å². The summed E-state index contributed by atoms with van der Waals surface area (Å²) < 4.78 is 6.93. The minimum atomic E-state index is -0.692. The Kier molecular flexibility index (Phi) is 4.60. The highest BCUT2D eigenvalue weighted by Crippen LogP contribution is 2.38. The third-order valence-corrected chi connectivity index (χ3v) is 5.05. The van der Waals surface area contributed by atoms with Crippen LogP contribution in [0.1, 0.15) is 66.4 Å². The Bertz CT molecular complexity index is 844. The lowest BCUT2D eigenvalue weighted by molar-refractivity contribution is 0.0995. The maximum atomic E-state index is 12.8. The first-order chi connectivity index (χ1) is 12.2. The smallest absolute Gasteiger partial charge is 0.278 e. The fourth-order valence-corrected chi connectivity index (χ4v) is 3.36. The van der Waals surface area contributed by atoms with E-state index in [1.807, 2.05) is 6.92 Å². The molecule has 0 unspecified atom stereocenters. The monoisotopic (exact) mass is 359 g/mol. The van der Waals surface area contributed by atoms with Gasteiger partial charge in [0.1, 0.15) is 5.76 Å². The van der Waals surface area contributed by atoms with Crippen molar-refractivity contribution >= 4 is 17.5 Å². The number of aromatic nitrogens is 3. The van der Waals surface area contributed by atoms with Gasteiger partial charge in [0.25, 0.3) is 11.8 Å². The zero-order valence-electron chi connectivity index (χ0n) is 15.6. The first-order valence-corrected chi connectivity index (χ1v) is 8.86. The number of nitrogens with zero attached hydrogens (tertiary/aromatic N) is 3. The summed E-state index contributed by atoms with van der Waals surface area (Å²) in [4.78, 5) is 24.3. The number of primary amides is 1. The van der Waals surface area contributed by atoms with Gasteiger partial charge in [-0.2, -0.15) is 5.10 Å². The number of nitrogens with two attached hydrogens (primary N) is 1. The molecule has 8 heteroatoms. The quantitative estimate of drug-likeness (QED) is 0.869. The molecule has 0 bridgehead atoms. The number of hydrogen-bond donors (Lipinski definition) is 2. The molecule has 1 aliphatic carbocycles. The fraction of sp³-hybridized carbons (Fsp3) is 0.556. The van der Waals surface area contributed by atoms with Crippen LogP contribution in [0.4, 0.5) is 5.69 Å². The Morgan fingerprint density at radius 2 is 2.12 bits per heavy atom. The molecule has 2 amide bonds. The molecule has 0 spiro atoms. The van der Waals surface area contributed by atoms with E-state index in [2.05, 4.69) is 36.3 Å². The molecule has 0 aliphatic heterocycles. The van der Waals surface area contributed by atoms with E-state index in [4.69, 9.17) is 10.3 Å². The molecule has 0 saturated carbocycles. The lowest BCUT2D eigenvalue weighted by Crippen LogP contribution is -2.28. The van der Waals surface area contributed by atoms with Crippen LogP contribution in [0.5, 0.6) is 0 Å². The molecular formula is C18H25N5O3. The van der Waals surface area contributed by atoms with Crippen molar-refractivity contribution in [1.82, 2.24) is 14.9 Å². The van der Waals surface area contributed by atoms with Crippen molar-refractivity contribution in [2.45, 2.75) is 53.5 Å². The van der Waals surface area contributed by atoms with Crippen LogP contribution in [0, 0.1) is 11.3 Å². The number of hydrogen-bond acceptors (Lipinski definition) is 5. The second kappa shape index (κ2) is 6.59. The van der Waals surface area contributed by atoms with Gasteiger partial charge in [-0.05, 0) is 31.1 Å². The highest BCUT2D eigenvalue weighted by atomic mass is 16.5. The van der Waals surface area contributed by atoms with Crippen LogP contribution in [0.2, 0.25) is 0 Å². The standard InChI is InChI=1S/C18H25N5O3/c1-5-23-9-12(15(21-23)16(19)24)20-17(25)14-11-8-10(18(2,3)4)6-7-13(11)26-22-14/h9-10H,5-8H2,1-4H3,(H2,19,24)(H,20,25)/t10-/m0/s1. The zero-order chi connectivity index (χ0) is 19.1. The van der Waals surface area contributed by atoms with E-state index >= 15 is 0 Å². The maximum absolute atomic E-state index is 12.8. The second-order valence-corrected chi connectivity index (χ2v) is 7.80. The third kappa shape index (κ3) is 3.36. The van der Waals surface area contributed by atoms with Crippen LogP contribution < -0.4 is 11.1 Å². The highest BCUT2D eigenvalue weighted by Gasteiger charge is 2.34. The lowest BCUT2D eigenvalue weighted by atomic mass is 9.71. The second-order valence-electron chi connectivity index (χ2n) is 7.80. The summed E-state index contributed by atoms with van der Waals surface area (Å²) in [6.45, 7) is 9.05. The van der Waals surface area contributed by atoms with Crippen LogP contribution in [0.25, 0.3) is 0 Å². The van der Waals surface area contributed by atoms with Gasteiger partial charge in [0.2, 0.25) is 0 Å². The van der Waals surface area contributed by atoms with Crippen LogP contribution in [-0.2, 0) is 19.4 Å². The van der Waals surface area contributed by atoms with E-state index < -0.39 is 11.8 Å². The third-order valence-electron chi connectivity index (χ3n) is 5.05. The van der Waals surface area contributed by atoms with Gasteiger partial charge in [0, 0.05) is 24.7 Å². The van der Waals surface area contributed by atoms with E-state index in [9.17, 15) is 9.59 Å². The molecule has 0 radical (unpaired) electrons. The summed E-state index contributed by atoms with van der Waals surface area (Å²) >= 11 is 0. The topological polar surface area (TPSA) is 116 Å². The predicted octanol–water partition coefficient (Wildman–Crippen LogP) is 2.39. The number of fused-ring (bicyclic) bond motifs is 1.